The van der Waals surface area contributed by atoms with Gasteiger partial charge in [-0.3, -0.25) is 4.98 Å². The molecule has 0 saturated heterocycles. The van der Waals surface area contributed by atoms with Crippen LogP contribution in [-0.2, 0) is 0 Å². The lowest BCUT2D eigenvalue weighted by molar-refractivity contribution is 0.998. The molecule has 58 valence electrons. The maximum atomic E-state index is 4.39. The fourth-order valence-corrected chi connectivity index (χ4v) is 1.96. The van der Waals surface area contributed by atoms with Crippen LogP contribution in [0.2, 0.25) is 0 Å². The molecular weight excluding hydrogens is 249 g/mol. The highest BCUT2D eigenvalue weighted by Crippen LogP contribution is 2.41. The van der Waals surface area contributed by atoms with Gasteiger partial charge in [0.2, 0.25) is 0 Å². The number of hydrogen-bond acceptors (Lipinski definition) is 1. The Kier molecular flexibility index (Phi) is 1.87. The van der Waals surface area contributed by atoms with Gasteiger partial charge in [-0.25, -0.2) is 0 Å². The standard InChI is InChI=1S/C9H10IN/c1-6-4-5-11-9(8(6)10)7-2-3-7/h4-5,7H,2-3H2,1H3. The summed E-state index contributed by atoms with van der Waals surface area (Å²) in [6.07, 6.45) is 4.60. The van der Waals surface area contributed by atoms with Crippen LogP contribution in [0, 0.1) is 10.5 Å². The number of nitrogens with zero attached hydrogens (tertiary/aromatic N) is 1. The first-order chi connectivity index (χ1) is 5.29. The summed E-state index contributed by atoms with van der Waals surface area (Å²) in [5.74, 6) is 0.779. The van der Waals surface area contributed by atoms with Crippen molar-refractivity contribution in [3.63, 3.8) is 0 Å². The first kappa shape index (κ1) is 7.53. The van der Waals surface area contributed by atoms with Crippen LogP contribution in [0.5, 0.6) is 0 Å². The summed E-state index contributed by atoms with van der Waals surface area (Å²) in [6, 6.07) is 2.08. The summed E-state index contributed by atoms with van der Waals surface area (Å²) >= 11 is 2.40. The van der Waals surface area contributed by atoms with Crippen LogP contribution in [0.3, 0.4) is 0 Å². The largest absolute Gasteiger partial charge is 0.260 e. The lowest BCUT2D eigenvalue weighted by Gasteiger charge is -2.02. The van der Waals surface area contributed by atoms with Crippen molar-refractivity contribution in [2.24, 2.45) is 0 Å². The molecule has 1 aromatic heterocycles. The molecule has 2 heteroatoms. The first-order valence-electron chi connectivity index (χ1n) is 3.90. The van der Waals surface area contributed by atoms with E-state index in [2.05, 4.69) is 40.6 Å². The average molecular weight is 259 g/mol. The van der Waals surface area contributed by atoms with Gasteiger partial charge in [0.25, 0.3) is 0 Å². The van der Waals surface area contributed by atoms with Gasteiger partial charge in [0.15, 0.2) is 0 Å². The van der Waals surface area contributed by atoms with Crippen LogP contribution in [0.25, 0.3) is 0 Å². The summed E-state index contributed by atoms with van der Waals surface area (Å²) < 4.78 is 1.37. The number of halogens is 1. The molecule has 1 saturated carbocycles. The number of aryl methyl sites for hydroxylation is 1. The van der Waals surface area contributed by atoms with E-state index in [0.29, 0.717) is 0 Å². The Labute approximate surface area is 80.4 Å². The molecule has 0 amide bonds. The summed E-state index contributed by atoms with van der Waals surface area (Å²) in [7, 11) is 0. The smallest absolute Gasteiger partial charge is 0.0570 e. The van der Waals surface area contributed by atoms with Crippen LogP contribution in [0.15, 0.2) is 12.3 Å². The van der Waals surface area contributed by atoms with Crippen LogP contribution in [-0.4, -0.2) is 4.98 Å². The highest BCUT2D eigenvalue weighted by Gasteiger charge is 2.27. The minimum absolute atomic E-state index is 0.779. The fraction of sp³-hybridized carbons (Fsp3) is 0.444. The van der Waals surface area contributed by atoms with Crippen LogP contribution >= 0.6 is 22.6 Å². The molecule has 1 aliphatic rings. The van der Waals surface area contributed by atoms with Gasteiger partial charge < -0.3 is 0 Å². The molecule has 0 aromatic carbocycles. The van der Waals surface area contributed by atoms with Gasteiger partial charge in [-0.1, -0.05) is 0 Å². The summed E-state index contributed by atoms with van der Waals surface area (Å²) in [5.41, 5.74) is 2.69. The summed E-state index contributed by atoms with van der Waals surface area (Å²) in [5, 5.41) is 0. The second-order valence-corrected chi connectivity index (χ2v) is 4.18. The van der Waals surface area contributed by atoms with E-state index >= 15 is 0 Å². The third-order valence-corrected chi connectivity index (χ3v) is 3.48. The van der Waals surface area contributed by atoms with Crippen LogP contribution in [0.4, 0.5) is 0 Å². The van der Waals surface area contributed by atoms with Crippen molar-refractivity contribution in [1.82, 2.24) is 4.98 Å². The van der Waals surface area contributed by atoms with Crippen molar-refractivity contribution >= 4 is 22.6 Å². The Morgan fingerprint density at radius 2 is 2.27 bits per heavy atom. The van der Waals surface area contributed by atoms with E-state index < -0.39 is 0 Å². The molecule has 0 atom stereocenters. The third kappa shape index (κ3) is 1.41. The van der Waals surface area contributed by atoms with E-state index in [1.807, 2.05) is 6.20 Å². The SMILES string of the molecule is Cc1ccnc(C2CC2)c1I. The van der Waals surface area contributed by atoms with E-state index in [-0.39, 0.29) is 0 Å². The molecule has 0 aliphatic heterocycles. The fourth-order valence-electron chi connectivity index (χ4n) is 1.20. The van der Waals surface area contributed by atoms with Gasteiger partial charge in [-0.05, 0) is 54.0 Å². The van der Waals surface area contributed by atoms with Crippen molar-refractivity contribution in [2.45, 2.75) is 25.7 Å². The van der Waals surface area contributed by atoms with E-state index in [4.69, 9.17) is 0 Å². The quantitative estimate of drug-likeness (QED) is 0.706. The molecular formula is C9H10IN. The molecule has 0 unspecified atom stereocenters. The molecule has 0 spiro atoms. The van der Waals surface area contributed by atoms with Crippen molar-refractivity contribution < 1.29 is 0 Å². The Morgan fingerprint density at radius 3 is 2.91 bits per heavy atom. The molecule has 0 radical (unpaired) electrons. The highest BCUT2D eigenvalue weighted by molar-refractivity contribution is 14.1. The second kappa shape index (κ2) is 2.73. The van der Waals surface area contributed by atoms with Gasteiger partial charge in [0.05, 0.1) is 5.69 Å². The Balaban J connectivity index is 2.45. The Morgan fingerprint density at radius 1 is 1.55 bits per heavy atom. The summed E-state index contributed by atoms with van der Waals surface area (Å²) in [6.45, 7) is 2.15. The van der Waals surface area contributed by atoms with Crippen molar-refractivity contribution in [1.29, 1.82) is 0 Å². The molecule has 1 nitrogen and oxygen atoms in total. The van der Waals surface area contributed by atoms with Crippen molar-refractivity contribution in [2.75, 3.05) is 0 Å². The minimum atomic E-state index is 0.779. The van der Waals surface area contributed by atoms with Crippen LogP contribution in [0.1, 0.15) is 30.0 Å². The zero-order chi connectivity index (χ0) is 7.84. The molecule has 1 fully saturated rings. The van der Waals surface area contributed by atoms with Gasteiger partial charge >= 0.3 is 0 Å². The molecule has 1 heterocycles. The topological polar surface area (TPSA) is 12.9 Å². The minimum Gasteiger partial charge on any atom is -0.260 e. The number of rotatable bonds is 1. The maximum Gasteiger partial charge on any atom is 0.0570 e. The molecule has 0 bridgehead atoms. The lowest BCUT2D eigenvalue weighted by Crippen LogP contribution is -1.92. The van der Waals surface area contributed by atoms with Crippen molar-refractivity contribution in [3.8, 4) is 0 Å². The Hall–Kier alpha value is -0.120. The normalized spacial score (nSPS) is 16.9. The van der Waals surface area contributed by atoms with E-state index in [1.54, 1.807) is 0 Å². The van der Waals surface area contributed by atoms with E-state index in [9.17, 15) is 0 Å². The van der Waals surface area contributed by atoms with Gasteiger partial charge in [0.1, 0.15) is 0 Å². The molecule has 1 aromatic rings. The van der Waals surface area contributed by atoms with E-state index in [1.165, 1.54) is 27.7 Å². The first-order valence-corrected chi connectivity index (χ1v) is 4.98. The van der Waals surface area contributed by atoms with Crippen molar-refractivity contribution in [3.05, 3.63) is 27.1 Å². The molecule has 1 aliphatic carbocycles. The number of hydrogen-bond donors (Lipinski definition) is 0. The predicted molar refractivity (Wildman–Crippen MR) is 53.7 cm³/mol. The summed E-state index contributed by atoms with van der Waals surface area (Å²) in [4.78, 5) is 4.39. The molecule has 11 heavy (non-hydrogen) atoms. The van der Waals surface area contributed by atoms with Crippen LogP contribution < -0.4 is 0 Å². The molecule has 0 N–H and O–H groups in total. The zero-order valence-electron chi connectivity index (χ0n) is 6.47. The van der Waals surface area contributed by atoms with Gasteiger partial charge in [-0.15, -0.1) is 0 Å². The van der Waals surface area contributed by atoms with E-state index in [0.717, 1.165) is 5.92 Å². The van der Waals surface area contributed by atoms with Gasteiger partial charge in [0, 0.05) is 15.7 Å². The Bertz CT molecular complexity index is 279. The number of pyridine rings is 1. The lowest BCUT2D eigenvalue weighted by atomic mass is 10.2. The van der Waals surface area contributed by atoms with Gasteiger partial charge in [-0.2, -0.15) is 0 Å². The predicted octanol–water partition coefficient (Wildman–Crippen LogP) is 2.87. The molecule has 2 rings (SSSR count). The second-order valence-electron chi connectivity index (χ2n) is 3.10. The highest BCUT2D eigenvalue weighted by atomic mass is 127. The average Bonchev–Trinajstić information content (AvgIpc) is 2.77. The third-order valence-electron chi connectivity index (χ3n) is 2.07. The monoisotopic (exact) mass is 259 g/mol. The maximum absolute atomic E-state index is 4.39. The number of aromatic nitrogens is 1. The zero-order valence-corrected chi connectivity index (χ0v) is 8.63.